The van der Waals surface area contributed by atoms with Gasteiger partial charge in [0.05, 0.1) is 5.69 Å². The van der Waals surface area contributed by atoms with Crippen molar-refractivity contribution in [3.05, 3.63) is 50.9 Å². The molecule has 0 radical (unpaired) electrons. The number of aromatic nitrogens is 2. The highest BCUT2D eigenvalue weighted by Crippen LogP contribution is 2.15. The van der Waals surface area contributed by atoms with Crippen molar-refractivity contribution in [1.29, 1.82) is 0 Å². The lowest BCUT2D eigenvalue weighted by molar-refractivity contribution is 1.05. The van der Waals surface area contributed by atoms with Crippen LogP contribution in [0, 0.1) is 6.92 Å². The van der Waals surface area contributed by atoms with Crippen molar-refractivity contribution in [3.63, 3.8) is 0 Å². The molecule has 2 rings (SSSR count). The molecule has 0 saturated heterocycles. The van der Waals surface area contributed by atoms with E-state index in [-0.39, 0.29) is 5.56 Å². The Morgan fingerprint density at radius 2 is 1.93 bits per heavy atom. The lowest BCUT2D eigenvalue weighted by Crippen LogP contribution is -2.11. The molecule has 0 amide bonds. The predicted molar refractivity (Wildman–Crippen MR) is 62.7 cm³/mol. The minimum absolute atomic E-state index is 0.152. The Kier molecular flexibility index (Phi) is 2.68. The van der Waals surface area contributed by atoms with Crippen molar-refractivity contribution >= 4 is 15.9 Å². The summed E-state index contributed by atoms with van der Waals surface area (Å²) in [6, 6.07) is 9.56. The van der Waals surface area contributed by atoms with Crippen LogP contribution >= 0.6 is 15.9 Å². The van der Waals surface area contributed by atoms with Crippen LogP contribution < -0.4 is 5.56 Å². The quantitative estimate of drug-likeness (QED) is 0.861. The van der Waals surface area contributed by atoms with Crippen LogP contribution in [0.4, 0.5) is 0 Å². The molecular weight excluding hydrogens is 256 g/mol. The normalized spacial score (nSPS) is 10.3. The van der Waals surface area contributed by atoms with E-state index in [4.69, 9.17) is 0 Å². The summed E-state index contributed by atoms with van der Waals surface area (Å²) in [7, 11) is 0. The fourth-order valence-electron chi connectivity index (χ4n) is 1.30. The first-order chi connectivity index (χ1) is 7.18. The minimum Gasteiger partial charge on any atom is -0.306 e. The summed E-state index contributed by atoms with van der Waals surface area (Å²) >= 11 is 3.18. The molecule has 0 saturated carbocycles. The van der Waals surface area contributed by atoms with E-state index in [9.17, 15) is 4.79 Å². The van der Waals surface area contributed by atoms with Gasteiger partial charge in [-0.1, -0.05) is 30.3 Å². The second-order valence-corrected chi connectivity index (χ2v) is 3.97. The number of hydrogen-bond donors (Lipinski definition) is 1. The largest absolute Gasteiger partial charge is 0.306 e. The van der Waals surface area contributed by atoms with Crippen molar-refractivity contribution in [2.45, 2.75) is 6.92 Å². The minimum atomic E-state index is -0.152. The standard InChI is InChI=1S/C11H9BrN2O/c1-7-9(12)11(15)14-10(13-7)8-5-3-2-4-6-8/h2-6H,1H3,(H,13,14,15). The van der Waals surface area contributed by atoms with Gasteiger partial charge in [-0.2, -0.15) is 0 Å². The molecule has 0 aliphatic rings. The first-order valence-corrected chi connectivity index (χ1v) is 5.29. The number of nitrogens with zero attached hydrogens (tertiary/aromatic N) is 1. The highest BCUT2D eigenvalue weighted by Gasteiger charge is 2.05. The van der Waals surface area contributed by atoms with E-state index in [0.717, 1.165) is 5.56 Å². The van der Waals surface area contributed by atoms with Crippen molar-refractivity contribution in [2.75, 3.05) is 0 Å². The summed E-state index contributed by atoms with van der Waals surface area (Å²) in [5, 5.41) is 0. The summed E-state index contributed by atoms with van der Waals surface area (Å²) in [5.74, 6) is 0.598. The molecule has 0 atom stereocenters. The second kappa shape index (κ2) is 3.98. The number of hydrogen-bond acceptors (Lipinski definition) is 2. The Hall–Kier alpha value is -1.42. The summed E-state index contributed by atoms with van der Waals surface area (Å²) in [6.07, 6.45) is 0. The third-order valence-corrected chi connectivity index (χ3v) is 3.01. The third kappa shape index (κ3) is 1.99. The first-order valence-electron chi connectivity index (χ1n) is 4.50. The zero-order valence-electron chi connectivity index (χ0n) is 8.12. The van der Waals surface area contributed by atoms with E-state index in [1.807, 2.05) is 30.3 Å². The van der Waals surface area contributed by atoms with E-state index in [2.05, 4.69) is 25.9 Å². The fourth-order valence-corrected chi connectivity index (χ4v) is 1.49. The van der Waals surface area contributed by atoms with Gasteiger partial charge in [0, 0.05) is 5.56 Å². The van der Waals surface area contributed by atoms with Gasteiger partial charge in [0.2, 0.25) is 0 Å². The Balaban J connectivity index is 2.61. The number of rotatable bonds is 1. The molecule has 2 aromatic rings. The Bertz CT molecular complexity index is 534. The van der Waals surface area contributed by atoms with E-state index in [0.29, 0.717) is 16.0 Å². The highest BCUT2D eigenvalue weighted by atomic mass is 79.9. The van der Waals surface area contributed by atoms with Crippen LogP contribution in [0.5, 0.6) is 0 Å². The molecule has 1 heterocycles. The van der Waals surface area contributed by atoms with Gasteiger partial charge in [-0.3, -0.25) is 4.79 Å². The molecule has 1 aromatic heterocycles. The van der Waals surface area contributed by atoms with E-state index in [1.54, 1.807) is 6.92 Å². The van der Waals surface area contributed by atoms with Crippen LogP contribution in [0.25, 0.3) is 11.4 Å². The number of aromatic amines is 1. The predicted octanol–water partition coefficient (Wildman–Crippen LogP) is 2.51. The third-order valence-electron chi connectivity index (χ3n) is 2.08. The molecule has 1 aromatic carbocycles. The number of benzene rings is 1. The molecule has 0 spiro atoms. The maximum atomic E-state index is 11.5. The van der Waals surface area contributed by atoms with E-state index >= 15 is 0 Å². The molecular formula is C11H9BrN2O. The zero-order chi connectivity index (χ0) is 10.8. The van der Waals surface area contributed by atoms with Gasteiger partial charge < -0.3 is 4.98 Å². The zero-order valence-corrected chi connectivity index (χ0v) is 9.71. The first kappa shape index (κ1) is 10.1. The fraction of sp³-hybridized carbons (Fsp3) is 0.0909. The van der Waals surface area contributed by atoms with Crippen molar-refractivity contribution < 1.29 is 0 Å². The Labute approximate surface area is 95.3 Å². The molecule has 0 aliphatic carbocycles. The second-order valence-electron chi connectivity index (χ2n) is 3.18. The molecule has 0 aliphatic heterocycles. The maximum absolute atomic E-state index is 11.5. The summed E-state index contributed by atoms with van der Waals surface area (Å²) in [5.41, 5.74) is 1.45. The molecule has 0 bridgehead atoms. The molecule has 0 unspecified atom stereocenters. The molecule has 4 heteroatoms. The SMILES string of the molecule is Cc1nc(-c2ccccc2)[nH]c(=O)c1Br. The Morgan fingerprint density at radius 3 is 2.53 bits per heavy atom. The monoisotopic (exact) mass is 264 g/mol. The van der Waals surface area contributed by atoms with Crippen molar-refractivity contribution in [3.8, 4) is 11.4 Å². The van der Waals surface area contributed by atoms with Gasteiger partial charge in [0.15, 0.2) is 0 Å². The molecule has 0 fully saturated rings. The molecule has 76 valence electrons. The lowest BCUT2D eigenvalue weighted by atomic mass is 10.2. The van der Waals surface area contributed by atoms with Gasteiger partial charge in [0.25, 0.3) is 5.56 Å². The van der Waals surface area contributed by atoms with Gasteiger partial charge in [0.1, 0.15) is 10.3 Å². The van der Waals surface area contributed by atoms with E-state index in [1.165, 1.54) is 0 Å². The topological polar surface area (TPSA) is 45.8 Å². The van der Waals surface area contributed by atoms with Crippen molar-refractivity contribution in [1.82, 2.24) is 9.97 Å². The van der Waals surface area contributed by atoms with Crippen LogP contribution in [0.2, 0.25) is 0 Å². The van der Waals surface area contributed by atoms with Gasteiger partial charge in [-0.15, -0.1) is 0 Å². The number of H-pyrrole nitrogens is 1. The highest BCUT2D eigenvalue weighted by molar-refractivity contribution is 9.10. The maximum Gasteiger partial charge on any atom is 0.265 e. The Morgan fingerprint density at radius 1 is 1.27 bits per heavy atom. The average Bonchev–Trinajstić information content (AvgIpc) is 2.26. The van der Waals surface area contributed by atoms with Crippen LogP contribution in [-0.4, -0.2) is 9.97 Å². The van der Waals surface area contributed by atoms with Gasteiger partial charge in [-0.05, 0) is 22.9 Å². The number of aryl methyl sites for hydroxylation is 1. The van der Waals surface area contributed by atoms with Crippen molar-refractivity contribution in [2.24, 2.45) is 0 Å². The lowest BCUT2D eigenvalue weighted by Gasteiger charge is -2.02. The smallest absolute Gasteiger partial charge is 0.265 e. The van der Waals surface area contributed by atoms with Crippen LogP contribution in [0.3, 0.4) is 0 Å². The van der Waals surface area contributed by atoms with Gasteiger partial charge >= 0.3 is 0 Å². The van der Waals surface area contributed by atoms with Crippen LogP contribution in [-0.2, 0) is 0 Å². The van der Waals surface area contributed by atoms with Crippen LogP contribution in [0.15, 0.2) is 39.6 Å². The van der Waals surface area contributed by atoms with Crippen LogP contribution in [0.1, 0.15) is 5.69 Å². The molecule has 1 N–H and O–H groups in total. The van der Waals surface area contributed by atoms with E-state index < -0.39 is 0 Å². The summed E-state index contributed by atoms with van der Waals surface area (Å²) in [6.45, 7) is 1.80. The molecule has 15 heavy (non-hydrogen) atoms. The number of halogens is 1. The van der Waals surface area contributed by atoms with Gasteiger partial charge in [-0.25, -0.2) is 4.98 Å². The average molecular weight is 265 g/mol. The number of nitrogens with one attached hydrogen (secondary N) is 1. The summed E-state index contributed by atoms with van der Waals surface area (Å²) in [4.78, 5) is 18.5. The molecule has 3 nitrogen and oxygen atoms in total. The summed E-state index contributed by atoms with van der Waals surface area (Å²) < 4.78 is 0.488.